The topological polar surface area (TPSA) is 160 Å². The van der Waals surface area contributed by atoms with Crippen molar-refractivity contribution < 1.29 is 27.8 Å². The molecule has 1 heterocycles. The Labute approximate surface area is 386 Å². The SMILES string of the molecule is CC(COc1ccc(NC(=S)N=C(N)SCP)cc1)N(C)C.CC(COc1ccc(Nc2nc(N)c(C(=O)c3cccc(F)c3)s2)cc1)N(C)C.O=C(CBr)c1cccc(F)c1. The summed E-state index contributed by atoms with van der Waals surface area (Å²) in [6.45, 7) is 5.44. The third-order valence-electron chi connectivity index (χ3n) is 8.61. The lowest BCUT2D eigenvalue weighted by Crippen LogP contribution is -2.30. The first-order valence-electron chi connectivity index (χ1n) is 18.9. The second kappa shape index (κ2) is 26.8. The van der Waals surface area contributed by atoms with Gasteiger partial charge in [-0.1, -0.05) is 63.3 Å². The maximum Gasteiger partial charge on any atom is 0.206 e. The Bertz CT molecular complexity index is 2240. The molecule has 0 bridgehead atoms. The number of benzene rings is 4. The van der Waals surface area contributed by atoms with E-state index in [1.54, 1.807) is 12.1 Å². The van der Waals surface area contributed by atoms with Crippen molar-refractivity contribution in [3.8, 4) is 11.5 Å². The number of thiocarbonyl (C=S) groups is 1. The maximum atomic E-state index is 13.4. The number of ketones is 2. The van der Waals surface area contributed by atoms with E-state index in [1.807, 2.05) is 76.7 Å². The standard InChI is InChI=1S/C21H23FN4O2S.C14H23N4OPS2.C8H6BrFO/c1-13(26(2)3)12-28-17-9-7-16(8-10-17)24-21-25-20(23)19(29-21)18(27)14-5-4-6-15(22)11-14;1-10(18(2)3)8-19-12-6-4-11(5-7-12)16-14(21)17-13(15)22-9-20;9-5-8(11)6-2-1-3-7(10)4-6/h4-11,13H,12,23H2,1-3H3,(H,24,25);4-7,10H,8-9,20H2,1-3H3,(H3,15,16,17,21);1-4H,5H2. The first kappa shape index (κ1) is 51.8. The summed E-state index contributed by atoms with van der Waals surface area (Å²) < 4.78 is 37.4. The van der Waals surface area contributed by atoms with E-state index in [-0.39, 0.29) is 39.0 Å². The van der Waals surface area contributed by atoms with Gasteiger partial charge in [-0.15, -0.1) is 9.24 Å². The van der Waals surface area contributed by atoms with Gasteiger partial charge in [-0.05, 0) is 127 Å². The van der Waals surface area contributed by atoms with E-state index in [1.165, 1.54) is 48.2 Å². The molecule has 332 valence electrons. The summed E-state index contributed by atoms with van der Waals surface area (Å²) in [4.78, 5) is 36.3. The number of amidine groups is 1. The number of carbonyl (C=O) groups excluding carboxylic acids is 2. The molecule has 0 spiro atoms. The number of nitrogens with one attached hydrogen (secondary N) is 2. The Morgan fingerprint density at radius 1 is 0.871 bits per heavy atom. The van der Waals surface area contributed by atoms with Crippen molar-refractivity contribution in [2.24, 2.45) is 10.7 Å². The Balaban J connectivity index is 0.000000273. The number of ether oxygens (including phenoxy) is 2. The average Bonchev–Trinajstić information content (AvgIpc) is 3.61. The van der Waals surface area contributed by atoms with Gasteiger partial charge >= 0.3 is 0 Å². The summed E-state index contributed by atoms with van der Waals surface area (Å²) in [7, 11) is 10.7. The summed E-state index contributed by atoms with van der Waals surface area (Å²) >= 11 is 10.7. The van der Waals surface area contributed by atoms with Crippen LogP contribution in [0, 0.1) is 11.6 Å². The second-order valence-corrected chi connectivity index (χ2v) is 17.7. The monoisotopic (exact) mass is 988 g/mol. The highest BCUT2D eigenvalue weighted by Gasteiger charge is 2.19. The fourth-order valence-corrected chi connectivity index (χ4v) is 6.84. The van der Waals surface area contributed by atoms with Crippen LogP contribution in [-0.2, 0) is 0 Å². The minimum absolute atomic E-state index is 0.107. The predicted molar refractivity (Wildman–Crippen MR) is 264 cm³/mol. The van der Waals surface area contributed by atoms with Gasteiger partial charge in [-0.25, -0.2) is 13.8 Å². The van der Waals surface area contributed by atoms with Crippen LogP contribution in [0.4, 0.5) is 31.1 Å². The van der Waals surface area contributed by atoms with Gasteiger partial charge in [-0.2, -0.15) is 4.99 Å². The van der Waals surface area contributed by atoms with E-state index in [0.29, 0.717) is 46.3 Å². The van der Waals surface area contributed by atoms with Crippen LogP contribution in [0.3, 0.4) is 0 Å². The van der Waals surface area contributed by atoms with Crippen molar-refractivity contribution in [1.82, 2.24) is 14.8 Å². The molecular weight excluding hydrogens is 938 g/mol. The molecule has 5 aromatic rings. The first-order chi connectivity index (χ1) is 29.5. The molecule has 4 aromatic carbocycles. The Hall–Kier alpha value is -4.55. The molecular formula is C43H52BrF2N8O4PS3. The van der Waals surface area contributed by atoms with Crippen LogP contribution in [0.2, 0.25) is 0 Å². The molecule has 6 N–H and O–H groups in total. The van der Waals surface area contributed by atoms with Crippen molar-refractivity contribution >= 4 is 105 Å². The van der Waals surface area contributed by atoms with Gasteiger partial charge in [0.2, 0.25) is 5.78 Å². The zero-order chi connectivity index (χ0) is 45.8. The van der Waals surface area contributed by atoms with Crippen molar-refractivity contribution in [3.05, 3.63) is 125 Å². The Morgan fingerprint density at radius 2 is 1.37 bits per heavy atom. The number of Topliss-reactive ketones (excluding diaryl/α,β-unsaturated/α-hetero) is 1. The number of hydrogen-bond donors (Lipinski definition) is 4. The average molecular weight is 990 g/mol. The lowest BCUT2D eigenvalue weighted by molar-refractivity contribution is 0.102. The molecule has 62 heavy (non-hydrogen) atoms. The van der Waals surface area contributed by atoms with Crippen LogP contribution in [0.1, 0.15) is 39.4 Å². The molecule has 3 atom stereocenters. The fourth-order valence-electron chi connectivity index (χ4n) is 4.54. The highest BCUT2D eigenvalue weighted by molar-refractivity contribution is 9.09. The zero-order valence-corrected chi connectivity index (χ0v) is 40.4. The summed E-state index contributed by atoms with van der Waals surface area (Å²) in [5.41, 5.74) is 14.7. The third kappa shape index (κ3) is 18.4. The number of thioether (sulfide) groups is 1. The highest BCUT2D eigenvalue weighted by atomic mass is 79.9. The van der Waals surface area contributed by atoms with Crippen molar-refractivity contribution in [3.63, 3.8) is 0 Å². The summed E-state index contributed by atoms with van der Waals surface area (Å²) in [6.07, 6.45) is 0. The molecule has 0 saturated carbocycles. The van der Waals surface area contributed by atoms with Crippen molar-refractivity contribution in [2.75, 3.05) is 68.6 Å². The fraction of sp³-hybridized carbons (Fsp3) is 0.279. The number of aliphatic imine (C=N–C) groups is 1. The van der Waals surface area contributed by atoms with Gasteiger partial charge in [-0.3, -0.25) is 9.59 Å². The number of nitrogen functional groups attached to an aromatic ring is 1. The number of aromatic nitrogens is 1. The quantitative estimate of drug-likeness (QED) is 0.0185. The molecule has 0 aliphatic carbocycles. The van der Waals surface area contributed by atoms with Gasteiger partial charge in [0, 0.05) is 40.1 Å². The first-order valence-corrected chi connectivity index (χ1v) is 23.1. The Kier molecular flexibility index (Phi) is 22.4. The molecule has 0 aliphatic heterocycles. The number of thiazole rings is 1. The summed E-state index contributed by atoms with van der Waals surface area (Å²) in [5.74, 6) is 0.396. The molecule has 0 radical (unpaired) electrons. The molecule has 19 heteroatoms. The number of carbonyl (C=O) groups is 2. The molecule has 5 rings (SSSR count). The van der Waals surface area contributed by atoms with E-state index in [9.17, 15) is 18.4 Å². The number of hydrogen-bond acceptors (Lipinski definition) is 12. The van der Waals surface area contributed by atoms with Crippen LogP contribution in [0.15, 0.2) is 102 Å². The lowest BCUT2D eigenvalue weighted by atomic mass is 10.1. The number of alkyl halides is 1. The normalized spacial score (nSPS) is 12.0. The maximum absolute atomic E-state index is 13.4. The van der Waals surface area contributed by atoms with Crippen molar-refractivity contribution in [2.45, 2.75) is 25.9 Å². The number of rotatable bonds is 16. The van der Waals surface area contributed by atoms with Crippen LogP contribution in [0.25, 0.3) is 0 Å². The number of likely N-dealkylation sites (N-methyl/N-ethyl adjacent to an activating group) is 2. The smallest absolute Gasteiger partial charge is 0.206 e. The largest absolute Gasteiger partial charge is 0.492 e. The summed E-state index contributed by atoms with van der Waals surface area (Å²) in [5, 5.41) is 7.66. The predicted octanol–water partition coefficient (Wildman–Crippen LogP) is 9.16. The number of nitrogens with two attached hydrogens (primary N) is 2. The van der Waals surface area contributed by atoms with Crippen LogP contribution >= 0.6 is 60.5 Å². The van der Waals surface area contributed by atoms with E-state index in [4.69, 9.17) is 33.2 Å². The third-order valence-corrected chi connectivity index (χ3v) is 11.4. The van der Waals surface area contributed by atoms with Gasteiger partial charge in [0.25, 0.3) is 0 Å². The molecule has 0 fully saturated rings. The highest BCUT2D eigenvalue weighted by Crippen LogP contribution is 2.30. The van der Waals surface area contributed by atoms with Gasteiger partial charge in [0.1, 0.15) is 47.0 Å². The molecule has 0 amide bonds. The summed E-state index contributed by atoms with van der Waals surface area (Å²) in [6, 6.07) is 26.9. The van der Waals surface area contributed by atoms with E-state index < -0.39 is 5.82 Å². The van der Waals surface area contributed by atoms with E-state index >= 15 is 0 Å². The minimum Gasteiger partial charge on any atom is -0.492 e. The van der Waals surface area contributed by atoms with Gasteiger partial charge in [0.15, 0.2) is 21.2 Å². The molecule has 3 unspecified atom stereocenters. The number of halogens is 3. The molecule has 0 aliphatic rings. The van der Waals surface area contributed by atoms with E-state index in [2.05, 4.69) is 69.4 Å². The van der Waals surface area contributed by atoms with Crippen LogP contribution in [-0.4, -0.2) is 101 Å². The zero-order valence-electron chi connectivity index (χ0n) is 35.2. The van der Waals surface area contributed by atoms with Crippen molar-refractivity contribution in [1.29, 1.82) is 0 Å². The van der Waals surface area contributed by atoms with E-state index in [0.717, 1.165) is 39.7 Å². The second-order valence-electron chi connectivity index (χ2n) is 13.8. The van der Waals surface area contributed by atoms with Crippen LogP contribution in [0.5, 0.6) is 11.5 Å². The minimum atomic E-state index is -0.473. The van der Waals surface area contributed by atoms with Gasteiger partial charge < -0.3 is 41.4 Å². The van der Waals surface area contributed by atoms with Gasteiger partial charge in [0.05, 0.1) is 5.33 Å². The van der Waals surface area contributed by atoms with Crippen LogP contribution < -0.4 is 31.6 Å². The Morgan fingerprint density at radius 3 is 1.85 bits per heavy atom. The molecule has 0 saturated heterocycles. The molecule has 12 nitrogen and oxygen atoms in total. The number of anilines is 4. The number of nitrogens with zero attached hydrogens (tertiary/aromatic N) is 4. The molecule has 1 aromatic heterocycles. The lowest BCUT2D eigenvalue weighted by Gasteiger charge is -2.20.